The van der Waals surface area contributed by atoms with Crippen molar-refractivity contribution in [2.24, 2.45) is 11.8 Å². The Morgan fingerprint density at radius 1 is 1.22 bits per heavy atom. The van der Waals surface area contributed by atoms with Crippen molar-refractivity contribution >= 4 is 29.1 Å². The van der Waals surface area contributed by atoms with Gasteiger partial charge in [0.05, 0.1) is 11.8 Å². The molecule has 23 heavy (non-hydrogen) atoms. The van der Waals surface area contributed by atoms with Gasteiger partial charge in [-0.05, 0) is 37.5 Å². The molecule has 6 heteroatoms. The van der Waals surface area contributed by atoms with Crippen LogP contribution in [-0.4, -0.2) is 29.2 Å². The lowest BCUT2D eigenvalue weighted by atomic mass is 9.81. The lowest BCUT2D eigenvalue weighted by Gasteiger charge is -2.19. The second kappa shape index (κ2) is 6.02. The summed E-state index contributed by atoms with van der Waals surface area (Å²) in [7, 11) is 0. The number of nitrogens with two attached hydrogens (primary N) is 1. The predicted molar refractivity (Wildman–Crippen MR) is 86.4 cm³/mol. The summed E-state index contributed by atoms with van der Waals surface area (Å²) >= 11 is 0. The molecule has 0 radical (unpaired) electrons. The first kappa shape index (κ1) is 15.5. The van der Waals surface area contributed by atoms with E-state index in [-0.39, 0.29) is 36.1 Å². The lowest BCUT2D eigenvalue weighted by molar-refractivity contribution is -0.142. The summed E-state index contributed by atoms with van der Waals surface area (Å²) in [5.41, 5.74) is 7.75. The van der Waals surface area contributed by atoms with E-state index in [9.17, 15) is 14.4 Å². The summed E-state index contributed by atoms with van der Waals surface area (Å²) in [5.74, 6) is -1.21. The highest BCUT2D eigenvalue weighted by Crippen LogP contribution is 2.37. The molecule has 122 valence electrons. The first-order valence-electron chi connectivity index (χ1n) is 7.98. The molecule has 0 spiro atoms. The highest BCUT2D eigenvalue weighted by molar-refractivity contribution is 6.08. The molecule has 3 N–H and O–H groups in total. The van der Waals surface area contributed by atoms with E-state index in [1.165, 1.54) is 0 Å². The Balaban J connectivity index is 1.69. The fraction of sp³-hybridized carbons (Fsp3) is 0.471. The zero-order chi connectivity index (χ0) is 16.6. The van der Waals surface area contributed by atoms with Crippen molar-refractivity contribution in [3.8, 4) is 0 Å². The Morgan fingerprint density at radius 3 is 2.43 bits per heavy atom. The van der Waals surface area contributed by atoms with Gasteiger partial charge in [-0.1, -0.05) is 18.9 Å². The summed E-state index contributed by atoms with van der Waals surface area (Å²) < 4.78 is 0. The van der Waals surface area contributed by atoms with E-state index in [0.717, 1.165) is 36.1 Å². The number of hydrogen-bond acceptors (Lipinski definition) is 4. The minimum Gasteiger partial charge on any atom is -0.399 e. The highest BCUT2D eigenvalue weighted by atomic mass is 16.2. The number of amides is 3. The third-order valence-electron chi connectivity index (χ3n) is 4.77. The number of fused-ring (bicyclic) bond motifs is 1. The number of nitrogen functional groups attached to an aromatic ring is 1. The van der Waals surface area contributed by atoms with E-state index in [4.69, 9.17) is 5.73 Å². The molecule has 1 aliphatic heterocycles. The molecule has 3 rings (SSSR count). The normalized spacial score (nSPS) is 23.8. The SMILES string of the molecule is Cc1ccc(N)cc1NC(=O)CN1C(=O)C2CCCCC2C1=O. The average molecular weight is 315 g/mol. The molecule has 2 unspecified atom stereocenters. The van der Waals surface area contributed by atoms with Crippen LogP contribution < -0.4 is 11.1 Å². The topological polar surface area (TPSA) is 92.5 Å². The van der Waals surface area contributed by atoms with Gasteiger partial charge in [-0.2, -0.15) is 0 Å². The number of likely N-dealkylation sites (tertiary alicyclic amines) is 1. The van der Waals surface area contributed by atoms with Crippen molar-refractivity contribution < 1.29 is 14.4 Å². The van der Waals surface area contributed by atoms with Gasteiger partial charge < -0.3 is 11.1 Å². The molecule has 1 aliphatic carbocycles. The van der Waals surface area contributed by atoms with E-state index in [0.29, 0.717) is 11.4 Å². The molecule has 1 aromatic rings. The van der Waals surface area contributed by atoms with Crippen LogP contribution in [0.2, 0.25) is 0 Å². The fourth-order valence-corrected chi connectivity index (χ4v) is 3.49. The van der Waals surface area contributed by atoms with Crippen LogP contribution in [-0.2, 0) is 14.4 Å². The lowest BCUT2D eigenvalue weighted by Crippen LogP contribution is -2.38. The third kappa shape index (κ3) is 2.93. The summed E-state index contributed by atoms with van der Waals surface area (Å²) in [5, 5.41) is 2.74. The molecular weight excluding hydrogens is 294 g/mol. The van der Waals surface area contributed by atoms with Crippen LogP contribution in [0.1, 0.15) is 31.2 Å². The zero-order valence-electron chi connectivity index (χ0n) is 13.2. The number of benzene rings is 1. The standard InChI is InChI=1S/C17H21N3O3/c1-10-6-7-11(18)8-14(10)19-15(21)9-20-16(22)12-4-2-3-5-13(12)17(20)23/h6-8,12-13H,2-5,9,18H2,1H3,(H,19,21). The van der Waals surface area contributed by atoms with Crippen molar-refractivity contribution in [1.82, 2.24) is 4.90 Å². The number of imide groups is 1. The summed E-state index contributed by atoms with van der Waals surface area (Å²) in [6, 6.07) is 5.23. The molecule has 1 aromatic carbocycles. The van der Waals surface area contributed by atoms with Gasteiger partial charge in [0, 0.05) is 11.4 Å². The molecule has 2 atom stereocenters. The molecule has 0 aromatic heterocycles. The summed E-state index contributed by atoms with van der Waals surface area (Å²) in [6.07, 6.45) is 3.45. The zero-order valence-corrected chi connectivity index (χ0v) is 13.2. The van der Waals surface area contributed by atoms with Gasteiger partial charge in [0.2, 0.25) is 17.7 Å². The molecule has 1 saturated heterocycles. The van der Waals surface area contributed by atoms with Gasteiger partial charge in [-0.3, -0.25) is 19.3 Å². The molecule has 1 heterocycles. The van der Waals surface area contributed by atoms with Crippen molar-refractivity contribution in [3.63, 3.8) is 0 Å². The van der Waals surface area contributed by atoms with E-state index >= 15 is 0 Å². The van der Waals surface area contributed by atoms with Crippen LogP contribution in [0.4, 0.5) is 11.4 Å². The molecule has 2 aliphatic rings. The minimum absolute atomic E-state index is 0.195. The maximum atomic E-state index is 12.4. The third-order valence-corrected chi connectivity index (χ3v) is 4.77. The van der Waals surface area contributed by atoms with E-state index in [1.54, 1.807) is 12.1 Å². The molecule has 1 saturated carbocycles. The van der Waals surface area contributed by atoms with Crippen LogP contribution >= 0.6 is 0 Å². The molecule has 6 nitrogen and oxygen atoms in total. The number of nitrogens with zero attached hydrogens (tertiary/aromatic N) is 1. The van der Waals surface area contributed by atoms with Gasteiger partial charge in [-0.15, -0.1) is 0 Å². The minimum atomic E-state index is -0.376. The van der Waals surface area contributed by atoms with E-state index in [2.05, 4.69) is 5.32 Å². The monoisotopic (exact) mass is 315 g/mol. The first-order chi connectivity index (χ1) is 11.0. The first-order valence-corrected chi connectivity index (χ1v) is 7.98. The number of carbonyl (C=O) groups is 3. The Kier molecular flexibility index (Phi) is 4.07. The van der Waals surface area contributed by atoms with Gasteiger partial charge in [-0.25, -0.2) is 0 Å². The number of hydrogen-bond donors (Lipinski definition) is 2. The molecule has 3 amide bonds. The van der Waals surface area contributed by atoms with Crippen molar-refractivity contribution in [3.05, 3.63) is 23.8 Å². The van der Waals surface area contributed by atoms with Gasteiger partial charge in [0.15, 0.2) is 0 Å². The van der Waals surface area contributed by atoms with Gasteiger partial charge in [0.1, 0.15) is 6.54 Å². The van der Waals surface area contributed by atoms with Crippen molar-refractivity contribution in [2.75, 3.05) is 17.6 Å². The fourth-order valence-electron chi connectivity index (χ4n) is 3.49. The molecular formula is C17H21N3O3. The van der Waals surface area contributed by atoms with Gasteiger partial charge >= 0.3 is 0 Å². The average Bonchev–Trinajstić information content (AvgIpc) is 2.76. The van der Waals surface area contributed by atoms with Crippen molar-refractivity contribution in [1.29, 1.82) is 0 Å². The Hall–Kier alpha value is -2.37. The maximum Gasteiger partial charge on any atom is 0.244 e. The van der Waals surface area contributed by atoms with Crippen molar-refractivity contribution in [2.45, 2.75) is 32.6 Å². The maximum absolute atomic E-state index is 12.4. The number of carbonyl (C=O) groups excluding carboxylic acids is 3. The highest BCUT2D eigenvalue weighted by Gasteiger charge is 2.48. The van der Waals surface area contributed by atoms with Crippen LogP contribution in [0, 0.1) is 18.8 Å². The predicted octanol–water partition coefficient (Wildman–Crippen LogP) is 1.69. The van der Waals surface area contributed by atoms with Crippen LogP contribution in [0.3, 0.4) is 0 Å². The van der Waals surface area contributed by atoms with Gasteiger partial charge in [0.25, 0.3) is 0 Å². The molecule has 2 fully saturated rings. The number of rotatable bonds is 3. The number of anilines is 2. The molecule has 0 bridgehead atoms. The number of nitrogens with one attached hydrogen (secondary N) is 1. The smallest absolute Gasteiger partial charge is 0.244 e. The second-order valence-electron chi connectivity index (χ2n) is 6.38. The Bertz CT molecular complexity index is 647. The Labute approximate surface area is 135 Å². The van der Waals surface area contributed by atoms with E-state index in [1.807, 2.05) is 13.0 Å². The van der Waals surface area contributed by atoms with Crippen LogP contribution in [0.15, 0.2) is 18.2 Å². The second-order valence-corrected chi connectivity index (χ2v) is 6.38. The largest absolute Gasteiger partial charge is 0.399 e. The van der Waals surface area contributed by atoms with Crippen LogP contribution in [0.25, 0.3) is 0 Å². The van der Waals surface area contributed by atoms with Crippen LogP contribution in [0.5, 0.6) is 0 Å². The Morgan fingerprint density at radius 2 is 1.83 bits per heavy atom. The quantitative estimate of drug-likeness (QED) is 0.656. The summed E-state index contributed by atoms with van der Waals surface area (Å²) in [4.78, 5) is 38.1. The van der Waals surface area contributed by atoms with E-state index < -0.39 is 0 Å². The summed E-state index contributed by atoms with van der Waals surface area (Å²) in [6.45, 7) is 1.63. The number of aryl methyl sites for hydroxylation is 1.